The second-order valence-electron chi connectivity index (χ2n) is 6.29. The quantitative estimate of drug-likeness (QED) is 0.584. The van der Waals surface area contributed by atoms with Crippen LogP contribution in [0.3, 0.4) is 0 Å². The first-order chi connectivity index (χ1) is 11.7. The Morgan fingerprint density at radius 1 is 1.08 bits per heavy atom. The molecule has 0 unspecified atom stereocenters. The highest BCUT2D eigenvalue weighted by Crippen LogP contribution is 2.29. The van der Waals surface area contributed by atoms with Crippen molar-refractivity contribution in [3.8, 4) is 11.4 Å². The van der Waals surface area contributed by atoms with Crippen molar-refractivity contribution in [3.05, 3.63) is 47.8 Å². The fourth-order valence-corrected chi connectivity index (χ4v) is 3.44. The van der Waals surface area contributed by atoms with Gasteiger partial charge in [0, 0.05) is 18.5 Å². The molecule has 0 aliphatic rings. The Kier molecular flexibility index (Phi) is 3.60. The summed E-state index contributed by atoms with van der Waals surface area (Å²) in [5.41, 5.74) is 6.73. The summed E-state index contributed by atoms with van der Waals surface area (Å²) in [7, 11) is 0. The van der Waals surface area contributed by atoms with Gasteiger partial charge >= 0.3 is 0 Å². The molecule has 0 fully saturated rings. The average molecular weight is 318 g/mol. The topological polar surface area (TPSA) is 46.5 Å². The van der Waals surface area contributed by atoms with Crippen molar-refractivity contribution in [2.24, 2.45) is 0 Å². The maximum Gasteiger partial charge on any atom is 0.141 e. The molecule has 2 aromatic carbocycles. The van der Waals surface area contributed by atoms with Gasteiger partial charge in [-0.1, -0.05) is 19.1 Å². The van der Waals surface area contributed by atoms with E-state index in [9.17, 15) is 0 Å². The predicted molar refractivity (Wildman–Crippen MR) is 99.2 cm³/mol. The molecule has 2 aromatic heterocycles. The van der Waals surface area contributed by atoms with Gasteiger partial charge in [-0.2, -0.15) is 0 Å². The van der Waals surface area contributed by atoms with Crippen LogP contribution in [0, 0.1) is 6.92 Å². The van der Waals surface area contributed by atoms with Gasteiger partial charge in [-0.3, -0.25) is 0 Å². The monoisotopic (exact) mass is 318 g/mol. The molecule has 2 heterocycles. The highest BCUT2D eigenvalue weighted by Gasteiger charge is 2.14. The molecule has 4 aromatic rings. The van der Waals surface area contributed by atoms with Gasteiger partial charge in [0.15, 0.2) is 0 Å². The molecule has 4 rings (SSSR count). The first kappa shape index (κ1) is 14.9. The minimum Gasteiger partial charge on any atom is -0.342 e. The number of aromatic nitrogens is 4. The Balaban J connectivity index is 1.93. The zero-order chi connectivity index (χ0) is 16.7. The van der Waals surface area contributed by atoms with E-state index in [-0.39, 0.29) is 0 Å². The summed E-state index contributed by atoms with van der Waals surface area (Å²) in [6.07, 6.45) is 2.08. The molecule has 1 N–H and O–H groups in total. The standard InChI is InChI=1S/C20H22N4/c1-4-8-18-21-16-12-14(11-13(3)19(16)23-18)20-22-15-9-6-7-10-17(15)24(20)5-2/h6-7,9-12H,4-5,8H2,1-3H3,(H,21,23). The Morgan fingerprint density at radius 2 is 1.92 bits per heavy atom. The van der Waals surface area contributed by atoms with E-state index in [4.69, 9.17) is 9.97 Å². The minimum absolute atomic E-state index is 0.900. The van der Waals surface area contributed by atoms with E-state index in [1.54, 1.807) is 0 Å². The smallest absolute Gasteiger partial charge is 0.141 e. The van der Waals surface area contributed by atoms with Gasteiger partial charge < -0.3 is 9.55 Å². The van der Waals surface area contributed by atoms with Gasteiger partial charge in [0.2, 0.25) is 0 Å². The zero-order valence-electron chi connectivity index (χ0n) is 14.4. The van der Waals surface area contributed by atoms with E-state index >= 15 is 0 Å². The third-order valence-corrected chi connectivity index (χ3v) is 4.54. The first-order valence-corrected chi connectivity index (χ1v) is 8.66. The molecule has 4 nitrogen and oxygen atoms in total. The molecule has 0 saturated carbocycles. The van der Waals surface area contributed by atoms with Crippen molar-refractivity contribution in [2.45, 2.75) is 40.2 Å². The molecule has 0 radical (unpaired) electrons. The third-order valence-electron chi connectivity index (χ3n) is 4.54. The van der Waals surface area contributed by atoms with Crippen molar-refractivity contribution in [1.29, 1.82) is 0 Å². The van der Waals surface area contributed by atoms with Crippen molar-refractivity contribution in [2.75, 3.05) is 0 Å². The molecule has 4 heteroatoms. The minimum atomic E-state index is 0.900. The molecule has 0 bridgehead atoms. The Morgan fingerprint density at radius 3 is 2.71 bits per heavy atom. The zero-order valence-corrected chi connectivity index (χ0v) is 14.4. The van der Waals surface area contributed by atoms with Crippen LogP contribution in [-0.2, 0) is 13.0 Å². The van der Waals surface area contributed by atoms with Crippen LogP contribution in [0.25, 0.3) is 33.5 Å². The Bertz CT molecular complexity index is 1020. The second-order valence-corrected chi connectivity index (χ2v) is 6.29. The molecule has 0 amide bonds. The number of nitrogens with zero attached hydrogens (tertiary/aromatic N) is 3. The fourth-order valence-electron chi connectivity index (χ4n) is 3.44. The lowest BCUT2D eigenvalue weighted by molar-refractivity contribution is 0.796. The molecular formula is C20H22N4. The van der Waals surface area contributed by atoms with Gasteiger partial charge in [0.05, 0.1) is 22.1 Å². The molecular weight excluding hydrogens is 296 g/mol. The lowest BCUT2D eigenvalue weighted by Crippen LogP contribution is -1.97. The number of H-pyrrole nitrogens is 1. The van der Waals surface area contributed by atoms with Crippen molar-refractivity contribution >= 4 is 22.1 Å². The normalized spacial score (nSPS) is 11.6. The fraction of sp³-hybridized carbons (Fsp3) is 0.300. The van der Waals surface area contributed by atoms with E-state index in [2.05, 4.69) is 60.7 Å². The van der Waals surface area contributed by atoms with Gasteiger partial charge in [-0.05, 0) is 50.1 Å². The van der Waals surface area contributed by atoms with Crippen molar-refractivity contribution < 1.29 is 0 Å². The van der Waals surface area contributed by atoms with Gasteiger partial charge in [-0.25, -0.2) is 9.97 Å². The molecule has 0 atom stereocenters. The number of para-hydroxylation sites is 2. The number of benzene rings is 2. The van der Waals surface area contributed by atoms with Crippen LogP contribution in [0.1, 0.15) is 31.7 Å². The van der Waals surface area contributed by atoms with E-state index < -0.39 is 0 Å². The molecule has 0 aliphatic heterocycles. The largest absolute Gasteiger partial charge is 0.342 e. The number of imidazole rings is 2. The average Bonchev–Trinajstić information content (AvgIpc) is 3.15. The lowest BCUT2D eigenvalue weighted by atomic mass is 10.1. The highest BCUT2D eigenvalue weighted by atomic mass is 15.1. The Hall–Kier alpha value is -2.62. The molecule has 0 aliphatic carbocycles. The lowest BCUT2D eigenvalue weighted by Gasteiger charge is -2.07. The maximum atomic E-state index is 4.87. The highest BCUT2D eigenvalue weighted by molar-refractivity contribution is 5.86. The number of nitrogens with one attached hydrogen (secondary N) is 1. The number of aromatic amines is 1. The van der Waals surface area contributed by atoms with Crippen LogP contribution in [0.2, 0.25) is 0 Å². The van der Waals surface area contributed by atoms with Crippen molar-refractivity contribution in [3.63, 3.8) is 0 Å². The van der Waals surface area contributed by atoms with Gasteiger partial charge in [-0.15, -0.1) is 0 Å². The van der Waals surface area contributed by atoms with Crippen LogP contribution in [0.5, 0.6) is 0 Å². The Labute approximate surface area is 141 Å². The summed E-state index contributed by atoms with van der Waals surface area (Å²) in [4.78, 5) is 13.1. The maximum absolute atomic E-state index is 4.87. The van der Waals surface area contributed by atoms with E-state index in [0.29, 0.717) is 0 Å². The summed E-state index contributed by atoms with van der Waals surface area (Å²) in [6, 6.07) is 12.7. The third kappa shape index (κ3) is 2.30. The van der Waals surface area contributed by atoms with Crippen molar-refractivity contribution in [1.82, 2.24) is 19.5 Å². The van der Waals surface area contributed by atoms with Gasteiger partial charge in [0.1, 0.15) is 11.6 Å². The first-order valence-electron chi connectivity index (χ1n) is 8.66. The predicted octanol–water partition coefficient (Wildman–Crippen LogP) is 4.86. The summed E-state index contributed by atoms with van der Waals surface area (Å²) in [5, 5.41) is 0. The van der Waals surface area contributed by atoms with Crippen LogP contribution >= 0.6 is 0 Å². The van der Waals surface area contributed by atoms with E-state index in [0.717, 1.165) is 53.1 Å². The van der Waals surface area contributed by atoms with Gasteiger partial charge in [0.25, 0.3) is 0 Å². The van der Waals surface area contributed by atoms with Crippen LogP contribution < -0.4 is 0 Å². The number of hydrogen-bond donors (Lipinski definition) is 1. The van der Waals surface area contributed by atoms with E-state index in [1.165, 1.54) is 11.1 Å². The summed E-state index contributed by atoms with van der Waals surface area (Å²) in [5.74, 6) is 2.09. The van der Waals surface area contributed by atoms with Crippen LogP contribution in [0.15, 0.2) is 36.4 Å². The summed E-state index contributed by atoms with van der Waals surface area (Å²) in [6.45, 7) is 7.37. The number of aryl methyl sites for hydroxylation is 3. The number of fused-ring (bicyclic) bond motifs is 2. The number of hydrogen-bond acceptors (Lipinski definition) is 2. The molecule has 0 spiro atoms. The molecule has 122 valence electrons. The van der Waals surface area contributed by atoms with Crippen LogP contribution in [0.4, 0.5) is 0 Å². The SMILES string of the molecule is CCCc1nc2c(C)cc(-c3nc4ccccc4n3CC)cc2[nH]1. The second kappa shape index (κ2) is 5.78. The van der Waals surface area contributed by atoms with E-state index in [1.807, 2.05) is 6.07 Å². The molecule has 0 saturated heterocycles. The number of rotatable bonds is 4. The molecule has 24 heavy (non-hydrogen) atoms. The summed E-state index contributed by atoms with van der Waals surface area (Å²) >= 11 is 0. The van der Waals surface area contributed by atoms with Crippen LogP contribution in [-0.4, -0.2) is 19.5 Å². The summed E-state index contributed by atoms with van der Waals surface area (Å²) < 4.78 is 2.28.